The van der Waals surface area contributed by atoms with Gasteiger partial charge in [-0.05, 0) is 40.6 Å². The van der Waals surface area contributed by atoms with Crippen LogP contribution in [0.4, 0.5) is 10.1 Å². The second-order valence-electron chi connectivity index (χ2n) is 3.55. The molecular formula is C12H11FN2OS. The fraction of sp³-hybridized carbons (Fsp3) is 0.0833. The van der Waals surface area contributed by atoms with Gasteiger partial charge in [-0.15, -0.1) is 0 Å². The number of hydrogen-bond donors (Lipinski definition) is 2. The minimum Gasteiger partial charge on any atom is -0.398 e. The number of rotatable bonds is 3. The summed E-state index contributed by atoms with van der Waals surface area (Å²) in [7, 11) is 0. The van der Waals surface area contributed by atoms with Crippen molar-refractivity contribution in [3.63, 3.8) is 0 Å². The van der Waals surface area contributed by atoms with E-state index in [0.717, 1.165) is 11.6 Å². The van der Waals surface area contributed by atoms with Crippen LogP contribution in [0.5, 0.6) is 0 Å². The lowest BCUT2D eigenvalue weighted by molar-refractivity contribution is 0.0952. The van der Waals surface area contributed by atoms with Gasteiger partial charge < -0.3 is 11.1 Å². The molecule has 0 fully saturated rings. The van der Waals surface area contributed by atoms with Gasteiger partial charge in [0, 0.05) is 12.2 Å². The minimum atomic E-state index is -0.447. The van der Waals surface area contributed by atoms with E-state index in [1.165, 1.54) is 12.1 Å². The summed E-state index contributed by atoms with van der Waals surface area (Å²) in [5, 5.41) is 6.62. The van der Waals surface area contributed by atoms with E-state index in [1.54, 1.807) is 11.3 Å². The molecule has 0 spiro atoms. The molecular weight excluding hydrogens is 239 g/mol. The molecule has 2 rings (SSSR count). The van der Waals surface area contributed by atoms with Crippen molar-refractivity contribution >= 4 is 22.9 Å². The number of halogens is 1. The standard InChI is InChI=1S/C12H11FN2OS/c13-9-1-2-10(11(14)5-9)12(16)15-6-8-3-4-17-7-8/h1-5,7H,6,14H2,(H,15,16). The van der Waals surface area contributed by atoms with Gasteiger partial charge in [0.15, 0.2) is 0 Å². The minimum absolute atomic E-state index is 0.146. The van der Waals surface area contributed by atoms with Crippen molar-refractivity contribution < 1.29 is 9.18 Å². The first kappa shape index (κ1) is 11.6. The molecule has 5 heteroatoms. The van der Waals surface area contributed by atoms with E-state index < -0.39 is 5.82 Å². The Morgan fingerprint density at radius 2 is 2.24 bits per heavy atom. The van der Waals surface area contributed by atoms with Crippen LogP contribution in [0.25, 0.3) is 0 Å². The molecule has 0 bridgehead atoms. The van der Waals surface area contributed by atoms with Gasteiger partial charge in [-0.2, -0.15) is 11.3 Å². The van der Waals surface area contributed by atoms with Crippen molar-refractivity contribution in [3.8, 4) is 0 Å². The van der Waals surface area contributed by atoms with E-state index in [2.05, 4.69) is 5.32 Å². The molecule has 0 atom stereocenters. The Balaban J connectivity index is 2.04. The Hall–Kier alpha value is -1.88. The number of amides is 1. The van der Waals surface area contributed by atoms with E-state index in [9.17, 15) is 9.18 Å². The molecule has 0 aliphatic carbocycles. The molecule has 0 aliphatic heterocycles. The Kier molecular flexibility index (Phi) is 3.39. The maximum atomic E-state index is 12.8. The van der Waals surface area contributed by atoms with Crippen LogP contribution in [-0.4, -0.2) is 5.91 Å². The number of carbonyl (C=O) groups is 1. The summed E-state index contributed by atoms with van der Waals surface area (Å²) in [5.74, 6) is -0.745. The normalized spacial score (nSPS) is 10.2. The molecule has 1 amide bonds. The van der Waals surface area contributed by atoms with E-state index in [-0.39, 0.29) is 11.6 Å². The topological polar surface area (TPSA) is 55.1 Å². The Morgan fingerprint density at radius 3 is 2.88 bits per heavy atom. The lowest BCUT2D eigenvalue weighted by atomic mass is 10.1. The fourth-order valence-corrected chi connectivity index (χ4v) is 2.08. The van der Waals surface area contributed by atoms with Crippen molar-refractivity contribution in [2.45, 2.75) is 6.54 Å². The third-order valence-corrected chi connectivity index (χ3v) is 3.02. The molecule has 0 unspecified atom stereocenters. The summed E-state index contributed by atoms with van der Waals surface area (Å²) in [5.41, 5.74) is 7.04. The number of hydrogen-bond acceptors (Lipinski definition) is 3. The maximum absolute atomic E-state index is 12.8. The number of nitrogens with two attached hydrogens (primary N) is 1. The Labute approximate surface area is 102 Å². The average Bonchev–Trinajstić information content (AvgIpc) is 2.78. The van der Waals surface area contributed by atoms with Crippen molar-refractivity contribution in [2.75, 3.05) is 5.73 Å². The highest BCUT2D eigenvalue weighted by atomic mass is 32.1. The van der Waals surface area contributed by atoms with E-state index >= 15 is 0 Å². The SMILES string of the molecule is Nc1cc(F)ccc1C(=O)NCc1ccsc1. The molecule has 0 aliphatic rings. The summed E-state index contributed by atoms with van der Waals surface area (Å²) in [6.45, 7) is 0.444. The highest BCUT2D eigenvalue weighted by Crippen LogP contribution is 2.13. The number of thiophene rings is 1. The van der Waals surface area contributed by atoms with E-state index in [4.69, 9.17) is 5.73 Å². The van der Waals surface area contributed by atoms with Crippen molar-refractivity contribution in [1.82, 2.24) is 5.32 Å². The Morgan fingerprint density at radius 1 is 1.41 bits per heavy atom. The maximum Gasteiger partial charge on any atom is 0.253 e. The zero-order chi connectivity index (χ0) is 12.3. The number of carbonyl (C=O) groups excluding carboxylic acids is 1. The van der Waals surface area contributed by atoms with Gasteiger partial charge in [0.1, 0.15) is 5.82 Å². The van der Waals surface area contributed by atoms with Crippen molar-refractivity contribution in [3.05, 3.63) is 52.0 Å². The second-order valence-corrected chi connectivity index (χ2v) is 4.33. The molecule has 0 saturated carbocycles. The lowest BCUT2D eigenvalue weighted by Gasteiger charge is -2.06. The van der Waals surface area contributed by atoms with Crippen LogP contribution >= 0.6 is 11.3 Å². The molecule has 88 valence electrons. The molecule has 1 aromatic heterocycles. The zero-order valence-corrected chi connectivity index (χ0v) is 9.76. The summed E-state index contributed by atoms with van der Waals surface area (Å²) in [6.07, 6.45) is 0. The van der Waals surface area contributed by atoms with Crippen LogP contribution in [0.1, 0.15) is 15.9 Å². The van der Waals surface area contributed by atoms with Gasteiger partial charge in [-0.1, -0.05) is 0 Å². The molecule has 0 saturated heterocycles. The highest BCUT2D eigenvalue weighted by Gasteiger charge is 2.09. The highest BCUT2D eigenvalue weighted by molar-refractivity contribution is 7.07. The molecule has 3 N–H and O–H groups in total. The third kappa shape index (κ3) is 2.82. The van der Waals surface area contributed by atoms with Gasteiger partial charge in [-0.3, -0.25) is 4.79 Å². The summed E-state index contributed by atoms with van der Waals surface area (Å²) in [6, 6.07) is 5.67. The van der Waals surface area contributed by atoms with Gasteiger partial charge in [0.05, 0.1) is 5.56 Å². The van der Waals surface area contributed by atoms with Crippen LogP contribution in [0.15, 0.2) is 35.0 Å². The van der Waals surface area contributed by atoms with Crippen molar-refractivity contribution in [1.29, 1.82) is 0 Å². The van der Waals surface area contributed by atoms with Crippen LogP contribution in [0, 0.1) is 5.82 Å². The number of anilines is 1. The quantitative estimate of drug-likeness (QED) is 0.822. The molecule has 3 nitrogen and oxygen atoms in total. The summed E-state index contributed by atoms with van der Waals surface area (Å²) in [4.78, 5) is 11.8. The first-order valence-corrected chi connectivity index (χ1v) is 5.95. The zero-order valence-electron chi connectivity index (χ0n) is 8.94. The predicted octanol–water partition coefficient (Wildman–Crippen LogP) is 2.40. The molecule has 1 aromatic carbocycles. The van der Waals surface area contributed by atoms with E-state index in [1.807, 2.05) is 16.8 Å². The molecule has 2 aromatic rings. The lowest BCUT2D eigenvalue weighted by Crippen LogP contribution is -2.23. The Bertz CT molecular complexity index is 525. The fourth-order valence-electron chi connectivity index (χ4n) is 1.41. The smallest absolute Gasteiger partial charge is 0.253 e. The number of benzene rings is 1. The number of nitrogens with one attached hydrogen (secondary N) is 1. The summed E-state index contributed by atoms with van der Waals surface area (Å²) < 4.78 is 12.8. The summed E-state index contributed by atoms with van der Waals surface area (Å²) >= 11 is 1.57. The second kappa shape index (κ2) is 4.97. The van der Waals surface area contributed by atoms with E-state index in [0.29, 0.717) is 12.1 Å². The average molecular weight is 250 g/mol. The van der Waals surface area contributed by atoms with Gasteiger partial charge in [0.25, 0.3) is 5.91 Å². The molecule has 1 heterocycles. The predicted molar refractivity (Wildman–Crippen MR) is 66.3 cm³/mol. The van der Waals surface area contributed by atoms with Crippen LogP contribution in [-0.2, 0) is 6.54 Å². The number of nitrogen functional groups attached to an aromatic ring is 1. The van der Waals surface area contributed by atoms with Crippen LogP contribution in [0.2, 0.25) is 0 Å². The van der Waals surface area contributed by atoms with Crippen LogP contribution < -0.4 is 11.1 Å². The van der Waals surface area contributed by atoms with Gasteiger partial charge in [0.2, 0.25) is 0 Å². The molecule has 0 radical (unpaired) electrons. The van der Waals surface area contributed by atoms with Crippen LogP contribution in [0.3, 0.4) is 0 Å². The van der Waals surface area contributed by atoms with Crippen molar-refractivity contribution in [2.24, 2.45) is 0 Å². The van der Waals surface area contributed by atoms with Gasteiger partial charge >= 0.3 is 0 Å². The monoisotopic (exact) mass is 250 g/mol. The third-order valence-electron chi connectivity index (χ3n) is 2.29. The first-order chi connectivity index (χ1) is 8.16. The molecule has 17 heavy (non-hydrogen) atoms. The van der Waals surface area contributed by atoms with Gasteiger partial charge in [-0.25, -0.2) is 4.39 Å². The first-order valence-electron chi connectivity index (χ1n) is 5.01. The largest absolute Gasteiger partial charge is 0.398 e.